The highest BCUT2D eigenvalue weighted by molar-refractivity contribution is 5.91. The fourth-order valence-corrected chi connectivity index (χ4v) is 2.45. The van der Waals surface area contributed by atoms with Crippen LogP contribution in [-0.4, -0.2) is 29.1 Å². The molecule has 0 spiro atoms. The summed E-state index contributed by atoms with van der Waals surface area (Å²) in [6.07, 6.45) is 2.04. The number of hydrogen-bond acceptors (Lipinski definition) is 5. The molecule has 0 radical (unpaired) electrons. The lowest BCUT2D eigenvalue weighted by atomic mass is 10.1. The number of halogens is 1. The lowest BCUT2D eigenvalue weighted by molar-refractivity contribution is -0.115. The molecule has 3 rings (SSSR count). The van der Waals surface area contributed by atoms with Crippen LogP contribution in [0.5, 0.6) is 0 Å². The van der Waals surface area contributed by atoms with Gasteiger partial charge in [-0.25, -0.2) is 0 Å². The number of amides is 1. The number of nitrogens with zero attached hydrogens (tertiary/aromatic N) is 2. The van der Waals surface area contributed by atoms with Crippen LogP contribution in [0.1, 0.15) is 18.1 Å². The number of rotatable bonds is 5. The zero-order valence-electron chi connectivity index (χ0n) is 12.1. The Morgan fingerprint density at radius 3 is 2.91 bits per heavy atom. The second-order valence-electron chi connectivity index (χ2n) is 5.26. The van der Waals surface area contributed by atoms with Crippen LogP contribution in [0.2, 0.25) is 0 Å². The Morgan fingerprint density at radius 2 is 2.18 bits per heavy atom. The molecule has 1 aliphatic rings. The van der Waals surface area contributed by atoms with Gasteiger partial charge in [0.05, 0.1) is 6.42 Å². The Kier molecular flexibility index (Phi) is 5.91. The van der Waals surface area contributed by atoms with E-state index in [0.717, 1.165) is 31.6 Å². The average Bonchev–Trinajstić information content (AvgIpc) is 3.13. The van der Waals surface area contributed by atoms with Crippen molar-refractivity contribution in [2.24, 2.45) is 5.92 Å². The number of anilines is 1. The number of benzene rings is 1. The fraction of sp³-hybridized carbons (Fsp3) is 0.400. The molecule has 118 valence electrons. The molecule has 0 saturated carbocycles. The molecule has 1 atom stereocenters. The molecule has 22 heavy (non-hydrogen) atoms. The summed E-state index contributed by atoms with van der Waals surface area (Å²) < 4.78 is 5.21. The molecule has 2 N–H and O–H groups in total. The standard InChI is InChI=1S/C15H18N4O2.ClH/c20-14(17-12-4-2-1-3-5-12)9-13-18-15(21-19-13)8-11-6-7-16-10-11;/h1-5,11,16H,6-10H2,(H,17,20);1H. The largest absolute Gasteiger partial charge is 0.339 e. The van der Waals surface area contributed by atoms with Gasteiger partial charge in [0, 0.05) is 12.1 Å². The van der Waals surface area contributed by atoms with Crippen molar-refractivity contribution in [2.75, 3.05) is 18.4 Å². The predicted molar refractivity (Wildman–Crippen MR) is 85.0 cm³/mol. The number of aromatic nitrogens is 2. The van der Waals surface area contributed by atoms with E-state index in [9.17, 15) is 4.79 Å². The van der Waals surface area contributed by atoms with Gasteiger partial charge in [0.2, 0.25) is 11.8 Å². The first-order valence-electron chi connectivity index (χ1n) is 7.16. The van der Waals surface area contributed by atoms with E-state index < -0.39 is 0 Å². The van der Waals surface area contributed by atoms with E-state index in [1.165, 1.54) is 0 Å². The van der Waals surface area contributed by atoms with Crippen LogP contribution in [0.3, 0.4) is 0 Å². The fourth-order valence-electron chi connectivity index (χ4n) is 2.45. The van der Waals surface area contributed by atoms with Crippen molar-refractivity contribution in [3.05, 3.63) is 42.0 Å². The van der Waals surface area contributed by atoms with Crippen LogP contribution >= 0.6 is 12.4 Å². The first kappa shape index (κ1) is 16.5. The minimum atomic E-state index is -0.143. The van der Waals surface area contributed by atoms with Gasteiger partial charge < -0.3 is 15.2 Å². The molecular weight excluding hydrogens is 304 g/mol. The van der Waals surface area contributed by atoms with Gasteiger partial charge in [0.15, 0.2) is 5.82 Å². The highest BCUT2D eigenvalue weighted by Crippen LogP contribution is 2.14. The molecule has 0 bridgehead atoms. The van der Waals surface area contributed by atoms with Crippen molar-refractivity contribution < 1.29 is 9.32 Å². The molecule has 1 saturated heterocycles. The van der Waals surface area contributed by atoms with E-state index in [1.807, 2.05) is 30.3 Å². The highest BCUT2D eigenvalue weighted by atomic mass is 35.5. The quantitative estimate of drug-likeness (QED) is 0.877. The maximum Gasteiger partial charge on any atom is 0.232 e. The lowest BCUT2D eigenvalue weighted by Crippen LogP contribution is -2.15. The Bertz CT molecular complexity index is 597. The first-order chi connectivity index (χ1) is 10.3. The maximum atomic E-state index is 11.9. The summed E-state index contributed by atoms with van der Waals surface area (Å²) >= 11 is 0. The minimum absolute atomic E-state index is 0. The third-order valence-corrected chi connectivity index (χ3v) is 3.51. The first-order valence-corrected chi connectivity index (χ1v) is 7.16. The van der Waals surface area contributed by atoms with Crippen LogP contribution in [0.25, 0.3) is 0 Å². The van der Waals surface area contributed by atoms with Gasteiger partial charge in [0.1, 0.15) is 0 Å². The molecule has 1 aromatic heterocycles. The molecule has 1 unspecified atom stereocenters. The molecule has 1 amide bonds. The van der Waals surface area contributed by atoms with E-state index in [-0.39, 0.29) is 24.7 Å². The zero-order valence-corrected chi connectivity index (χ0v) is 12.9. The van der Waals surface area contributed by atoms with Gasteiger partial charge in [0.25, 0.3) is 0 Å². The van der Waals surface area contributed by atoms with E-state index in [2.05, 4.69) is 20.8 Å². The summed E-state index contributed by atoms with van der Waals surface area (Å²) in [6.45, 7) is 2.04. The van der Waals surface area contributed by atoms with Crippen LogP contribution in [0.4, 0.5) is 5.69 Å². The Morgan fingerprint density at radius 1 is 1.36 bits per heavy atom. The van der Waals surface area contributed by atoms with Crippen molar-refractivity contribution in [1.82, 2.24) is 15.5 Å². The van der Waals surface area contributed by atoms with Crippen LogP contribution < -0.4 is 10.6 Å². The summed E-state index contributed by atoms with van der Waals surface area (Å²) in [7, 11) is 0. The van der Waals surface area contributed by atoms with Gasteiger partial charge in [-0.2, -0.15) is 4.98 Å². The molecule has 2 heterocycles. The van der Waals surface area contributed by atoms with Gasteiger partial charge in [-0.15, -0.1) is 12.4 Å². The normalized spacial score (nSPS) is 17.0. The molecule has 1 aromatic carbocycles. The smallest absolute Gasteiger partial charge is 0.232 e. The lowest BCUT2D eigenvalue weighted by Gasteiger charge is -2.02. The predicted octanol–water partition coefficient (Wildman–Crippen LogP) is 1.82. The number of carbonyl (C=O) groups excluding carboxylic acids is 1. The van der Waals surface area contributed by atoms with Crippen molar-refractivity contribution in [3.63, 3.8) is 0 Å². The molecular formula is C15H19ClN4O2. The third kappa shape index (κ3) is 4.54. The average molecular weight is 323 g/mol. The topological polar surface area (TPSA) is 80.1 Å². The minimum Gasteiger partial charge on any atom is -0.339 e. The molecule has 2 aromatic rings. The SMILES string of the molecule is Cl.O=C(Cc1noc(CC2CCNC2)n1)Nc1ccccc1. The summed E-state index contributed by atoms with van der Waals surface area (Å²) in [5, 5.41) is 9.98. The van der Waals surface area contributed by atoms with Crippen molar-refractivity contribution >= 4 is 24.0 Å². The third-order valence-electron chi connectivity index (χ3n) is 3.51. The highest BCUT2D eigenvalue weighted by Gasteiger charge is 2.19. The number of carbonyl (C=O) groups is 1. The Balaban J connectivity index is 0.00000176. The van der Waals surface area contributed by atoms with E-state index in [0.29, 0.717) is 17.6 Å². The summed E-state index contributed by atoms with van der Waals surface area (Å²) in [5.74, 6) is 1.46. The van der Waals surface area contributed by atoms with Gasteiger partial charge in [-0.1, -0.05) is 23.4 Å². The van der Waals surface area contributed by atoms with Crippen LogP contribution in [0, 0.1) is 5.92 Å². The van der Waals surface area contributed by atoms with Crippen molar-refractivity contribution in [1.29, 1.82) is 0 Å². The summed E-state index contributed by atoms with van der Waals surface area (Å²) in [4.78, 5) is 16.2. The number of nitrogens with one attached hydrogen (secondary N) is 2. The van der Waals surface area contributed by atoms with Crippen LogP contribution in [0.15, 0.2) is 34.9 Å². The van der Waals surface area contributed by atoms with Crippen LogP contribution in [-0.2, 0) is 17.6 Å². The maximum absolute atomic E-state index is 11.9. The van der Waals surface area contributed by atoms with Gasteiger partial charge in [-0.3, -0.25) is 4.79 Å². The molecule has 0 aliphatic carbocycles. The van der Waals surface area contributed by atoms with E-state index in [4.69, 9.17) is 4.52 Å². The molecule has 6 nitrogen and oxygen atoms in total. The second-order valence-corrected chi connectivity index (χ2v) is 5.26. The Hall–Kier alpha value is -1.92. The Labute approximate surface area is 135 Å². The summed E-state index contributed by atoms with van der Waals surface area (Å²) in [6, 6.07) is 9.33. The molecule has 7 heteroatoms. The second kappa shape index (κ2) is 7.91. The van der Waals surface area contributed by atoms with Crippen molar-refractivity contribution in [3.8, 4) is 0 Å². The molecule has 1 aliphatic heterocycles. The zero-order chi connectivity index (χ0) is 14.5. The van der Waals surface area contributed by atoms with Gasteiger partial charge >= 0.3 is 0 Å². The molecule has 1 fully saturated rings. The number of para-hydroxylation sites is 1. The monoisotopic (exact) mass is 322 g/mol. The van der Waals surface area contributed by atoms with E-state index >= 15 is 0 Å². The van der Waals surface area contributed by atoms with Crippen molar-refractivity contribution in [2.45, 2.75) is 19.3 Å². The number of hydrogen-bond donors (Lipinski definition) is 2. The van der Waals surface area contributed by atoms with E-state index in [1.54, 1.807) is 0 Å². The van der Waals surface area contributed by atoms with Gasteiger partial charge in [-0.05, 0) is 37.6 Å². The summed E-state index contributed by atoms with van der Waals surface area (Å²) in [5.41, 5.74) is 0.767.